The lowest BCUT2D eigenvalue weighted by Gasteiger charge is -2.30. The number of piperidine rings is 1. The largest absolute Gasteiger partial charge is 0.481 e. The van der Waals surface area contributed by atoms with Crippen LogP contribution < -0.4 is 10.6 Å². The number of carboxylic acids is 1. The highest BCUT2D eigenvalue weighted by molar-refractivity contribution is 5.84. The van der Waals surface area contributed by atoms with E-state index in [0.29, 0.717) is 32.5 Å². The standard InChI is InChI=1S/C12H21N3O4/c1-2-5-13-10(16)8-14-12(19)15-6-3-9(4-7-15)11(17)18/h9H,2-8H2,1H3,(H,13,16)(H,14,19)(H,17,18). The van der Waals surface area contributed by atoms with Gasteiger partial charge in [-0.05, 0) is 19.3 Å². The van der Waals surface area contributed by atoms with Gasteiger partial charge >= 0.3 is 12.0 Å². The van der Waals surface area contributed by atoms with E-state index in [9.17, 15) is 14.4 Å². The van der Waals surface area contributed by atoms with Gasteiger partial charge in [-0.1, -0.05) is 6.92 Å². The van der Waals surface area contributed by atoms with Gasteiger partial charge in [-0.25, -0.2) is 4.79 Å². The molecule has 1 saturated heterocycles. The van der Waals surface area contributed by atoms with E-state index in [4.69, 9.17) is 5.11 Å². The predicted octanol–water partition coefficient (Wildman–Crippen LogP) is 0.0188. The Balaban J connectivity index is 2.24. The van der Waals surface area contributed by atoms with E-state index in [1.54, 1.807) is 4.90 Å². The van der Waals surface area contributed by atoms with Crippen LogP contribution in [0.3, 0.4) is 0 Å². The Labute approximate surface area is 112 Å². The van der Waals surface area contributed by atoms with Crippen LogP contribution in [0.2, 0.25) is 0 Å². The fraction of sp³-hybridized carbons (Fsp3) is 0.750. The number of carbonyl (C=O) groups excluding carboxylic acids is 2. The number of carbonyl (C=O) groups is 3. The van der Waals surface area contributed by atoms with E-state index in [-0.39, 0.29) is 24.4 Å². The molecule has 1 aliphatic rings. The Bertz CT molecular complexity index is 338. The minimum Gasteiger partial charge on any atom is -0.481 e. The number of hydrogen-bond acceptors (Lipinski definition) is 3. The van der Waals surface area contributed by atoms with Gasteiger partial charge in [0.25, 0.3) is 0 Å². The summed E-state index contributed by atoms with van der Waals surface area (Å²) in [5, 5.41) is 14.0. The summed E-state index contributed by atoms with van der Waals surface area (Å²) in [5.41, 5.74) is 0. The van der Waals surface area contributed by atoms with E-state index >= 15 is 0 Å². The van der Waals surface area contributed by atoms with Crippen LogP contribution in [-0.4, -0.2) is 54.1 Å². The lowest BCUT2D eigenvalue weighted by atomic mass is 9.97. The first kappa shape index (κ1) is 15.3. The molecule has 3 amide bonds. The maximum absolute atomic E-state index is 11.7. The molecule has 0 spiro atoms. The Morgan fingerprint density at radius 3 is 2.37 bits per heavy atom. The number of nitrogens with one attached hydrogen (secondary N) is 2. The van der Waals surface area contributed by atoms with E-state index in [0.717, 1.165) is 6.42 Å². The van der Waals surface area contributed by atoms with Crippen LogP contribution in [0.1, 0.15) is 26.2 Å². The molecular weight excluding hydrogens is 250 g/mol. The van der Waals surface area contributed by atoms with Crippen molar-refractivity contribution in [2.45, 2.75) is 26.2 Å². The van der Waals surface area contributed by atoms with Crippen LogP contribution >= 0.6 is 0 Å². The lowest BCUT2D eigenvalue weighted by molar-refractivity contribution is -0.143. The maximum Gasteiger partial charge on any atom is 0.317 e. The van der Waals surface area contributed by atoms with Gasteiger partial charge in [0.15, 0.2) is 0 Å². The third kappa shape index (κ3) is 5.15. The average Bonchev–Trinajstić information content (AvgIpc) is 2.42. The summed E-state index contributed by atoms with van der Waals surface area (Å²) >= 11 is 0. The van der Waals surface area contributed by atoms with Gasteiger partial charge in [0, 0.05) is 19.6 Å². The minimum absolute atomic E-state index is 0.0440. The molecule has 0 atom stereocenters. The molecule has 19 heavy (non-hydrogen) atoms. The highest BCUT2D eigenvalue weighted by Crippen LogP contribution is 2.16. The summed E-state index contributed by atoms with van der Waals surface area (Å²) in [4.78, 5) is 35.4. The topological polar surface area (TPSA) is 98.7 Å². The molecule has 1 fully saturated rings. The first-order valence-corrected chi connectivity index (χ1v) is 6.56. The molecule has 0 aromatic heterocycles. The van der Waals surface area contributed by atoms with Crippen molar-refractivity contribution in [3.8, 4) is 0 Å². The molecule has 7 heteroatoms. The zero-order chi connectivity index (χ0) is 14.3. The van der Waals surface area contributed by atoms with Crippen LogP contribution in [0.4, 0.5) is 4.79 Å². The van der Waals surface area contributed by atoms with Crippen molar-refractivity contribution < 1.29 is 19.5 Å². The van der Waals surface area contributed by atoms with Crippen molar-refractivity contribution in [2.24, 2.45) is 5.92 Å². The van der Waals surface area contributed by atoms with E-state index in [1.165, 1.54) is 0 Å². The summed E-state index contributed by atoms with van der Waals surface area (Å²) < 4.78 is 0. The smallest absolute Gasteiger partial charge is 0.317 e. The van der Waals surface area contributed by atoms with E-state index in [2.05, 4.69) is 10.6 Å². The van der Waals surface area contributed by atoms with Crippen molar-refractivity contribution in [2.75, 3.05) is 26.2 Å². The second-order valence-electron chi connectivity index (χ2n) is 4.61. The summed E-state index contributed by atoms with van der Waals surface area (Å²) in [6.07, 6.45) is 1.78. The van der Waals surface area contributed by atoms with Crippen LogP contribution in [0.15, 0.2) is 0 Å². The second kappa shape index (κ2) is 7.60. The number of nitrogens with zero attached hydrogens (tertiary/aromatic N) is 1. The number of aliphatic carboxylic acids is 1. The monoisotopic (exact) mass is 271 g/mol. The molecule has 0 aliphatic carbocycles. The first-order chi connectivity index (χ1) is 9.04. The third-order valence-corrected chi connectivity index (χ3v) is 3.10. The predicted molar refractivity (Wildman–Crippen MR) is 68.6 cm³/mol. The van der Waals surface area contributed by atoms with Crippen LogP contribution in [0.5, 0.6) is 0 Å². The quantitative estimate of drug-likeness (QED) is 0.656. The van der Waals surface area contributed by atoms with Gasteiger partial charge in [-0.15, -0.1) is 0 Å². The molecule has 0 unspecified atom stereocenters. The molecule has 3 N–H and O–H groups in total. The number of hydrogen-bond donors (Lipinski definition) is 3. The molecule has 0 saturated carbocycles. The van der Waals surface area contributed by atoms with Crippen LogP contribution in [0.25, 0.3) is 0 Å². The molecule has 0 bridgehead atoms. The van der Waals surface area contributed by atoms with Gasteiger partial charge in [0.05, 0.1) is 12.5 Å². The number of carboxylic acid groups (broad SMARTS) is 1. The van der Waals surface area contributed by atoms with Crippen LogP contribution in [-0.2, 0) is 9.59 Å². The fourth-order valence-electron chi connectivity index (χ4n) is 1.92. The Kier molecular flexibility index (Phi) is 6.11. The van der Waals surface area contributed by atoms with Crippen molar-refractivity contribution in [3.63, 3.8) is 0 Å². The van der Waals surface area contributed by atoms with E-state index < -0.39 is 5.97 Å². The lowest BCUT2D eigenvalue weighted by Crippen LogP contribution is -2.48. The summed E-state index contributed by atoms with van der Waals surface area (Å²) in [6.45, 7) is 3.33. The van der Waals surface area contributed by atoms with Gasteiger partial charge in [0.2, 0.25) is 5.91 Å². The van der Waals surface area contributed by atoms with Gasteiger partial charge < -0.3 is 20.6 Å². The third-order valence-electron chi connectivity index (χ3n) is 3.10. The van der Waals surface area contributed by atoms with Crippen molar-refractivity contribution in [1.82, 2.24) is 15.5 Å². The van der Waals surface area contributed by atoms with Gasteiger partial charge in [-0.3, -0.25) is 9.59 Å². The Morgan fingerprint density at radius 1 is 1.21 bits per heavy atom. The zero-order valence-electron chi connectivity index (χ0n) is 11.1. The Hall–Kier alpha value is -1.79. The number of rotatable bonds is 5. The number of urea groups is 1. The maximum atomic E-state index is 11.7. The SMILES string of the molecule is CCCNC(=O)CNC(=O)N1CCC(C(=O)O)CC1. The highest BCUT2D eigenvalue weighted by Gasteiger charge is 2.26. The minimum atomic E-state index is -0.806. The molecule has 0 radical (unpaired) electrons. The molecule has 108 valence electrons. The van der Waals surface area contributed by atoms with E-state index in [1.807, 2.05) is 6.92 Å². The number of amides is 3. The fourth-order valence-corrected chi connectivity index (χ4v) is 1.92. The molecule has 1 aliphatic heterocycles. The average molecular weight is 271 g/mol. The number of likely N-dealkylation sites (tertiary alicyclic amines) is 1. The van der Waals surface area contributed by atoms with Crippen molar-refractivity contribution in [3.05, 3.63) is 0 Å². The highest BCUT2D eigenvalue weighted by atomic mass is 16.4. The summed E-state index contributed by atoms with van der Waals surface area (Å²) in [5.74, 6) is -1.38. The molecule has 1 heterocycles. The molecule has 7 nitrogen and oxygen atoms in total. The molecule has 1 rings (SSSR count). The van der Waals surface area contributed by atoms with Gasteiger partial charge in [-0.2, -0.15) is 0 Å². The normalized spacial score (nSPS) is 15.9. The Morgan fingerprint density at radius 2 is 1.84 bits per heavy atom. The molecule has 0 aromatic rings. The van der Waals surface area contributed by atoms with Crippen molar-refractivity contribution >= 4 is 17.9 Å². The van der Waals surface area contributed by atoms with Crippen molar-refractivity contribution in [1.29, 1.82) is 0 Å². The molecule has 0 aromatic carbocycles. The second-order valence-corrected chi connectivity index (χ2v) is 4.61. The summed E-state index contributed by atoms with van der Waals surface area (Å²) in [7, 11) is 0. The van der Waals surface area contributed by atoms with Gasteiger partial charge in [0.1, 0.15) is 0 Å². The van der Waals surface area contributed by atoms with Crippen LogP contribution in [0, 0.1) is 5.92 Å². The first-order valence-electron chi connectivity index (χ1n) is 6.56. The summed E-state index contributed by atoms with van der Waals surface area (Å²) in [6, 6.07) is -0.310. The molecular formula is C12H21N3O4. The zero-order valence-corrected chi connectivity index (χ0v) is 11.1.